The molecule has 3 aromatic carbocycles. The van der Waals surface area contributed by atoms with E-state index in [1.807, 2.05) is 48.5 Å². The van der Waals surface area contributed by atoms with Crippen molar-refractivity contribution in [3.05, 3.63) is 100 Å². The Morgan fingerprint density at radius 1 is 0.902 bits per heavy atom. The number of ether oxygens (including phenoxy) is 1. The lowest BCUT2D eigenvalue weighted by Gasteiger charge is -2.26. The highest BCUT2D eigenvalue weighted by Gasteiger charge is 2.21. The Kier molecular flexibility index (Phi) is 10.3. The minimum absolute atomic E-state index is 0.0788. The maximum absolute atomic E-state index is 13.2. The Morgan fingerprint density at radius 2 is 1.61 bits per heavy atom. The number of carbonyl (C=O) groups is 2. The summed E-state index contributed by atoms with van der Waals surface area (Å²) in [6.45, 7) is 1.14. The van der Waals surface area contributed by atoms with Crippen LogP contribution in [-0.2, 0) is 26.4 Å². The summed E-state index contributed by atoms with van der Waals surface area (Å²) in [4.78, 5) is 27.3. The average Bonchev–Trinajstić information content (AvgIpc) is 2.95. The fourth-order valence-electron chi connectivity index (χ4n) is 4.33. The second kappa shape index (κ2) is 14.3. The first-order valence-corrected chi connectivity index (χ1v) is 14.8. The second-order valence-electron chi connectivity index (χ2n) is 9.51. The van der Waals surface area contributed by atoms with E-state index in [0.29, 0.717) is 42.7 Å². The molecule has 0 radical (unpaired) electrons. The molecule has 212 valence electrons. The van der Waals surface area contributed by atoms with Gasteiger partial charge in [0.2, 0.25) is 11.8 Å². The van der Waals surface area contributed by atoms with Crippen molar-refractivity contribution in [2.75, 3.05) is 18.1 Å². The summed E-state index contributed by atoms with van der Waals surface area (Å²) in [6, 6.07) is 22.0. The van der Waals surface area contributed by atoms with E-state index >= 15 is 0 Å². The molecule has 0 unspecified atom stereocenters. The van der Waals surface area contributed by atoms with Crippen LogP contribution >= 0.6 is 0 Å². The minimum atomic E-state index is -4.66. The van der Waals surface area contributed by atoms with Crippen molar-refractivity contribution in [1.82, 2.24) is 5.32 Å². The standard InChI is InChI=1S/C32H31FN2O5S/c33-41(38,39)23-20-25-13-17-29(18-14-25)40-22-7-1-2-12-31(36)34-21-19-32(37)35-24-28-10-4-3-8-26(28)15-16-27-9-5-6-11-30(27)35/h3-6,8-11,13-14,17-18,20,23H,1-2,7,12,19,21-22,24H2,(H,34,36)/b23-20+. The van der Waals surface area contributed by atoms with Gasteiger partial charge in [0, 0.05) is 30.5 Å². The van der Waals surface area contributed by atoms with Crippen LogP contribution in [0.4, 0.5) is 9.57 Å². The fraction of sp³-hybridized carbons (Fsp3) is 0.250. The molecule has 7 nitrogen and oxygen atoms in total. The van der Waals surface area contributed by atoms with Gasteiger partial charge in [-0.15, -0.1) is 3.89 Å². The lowest BCUT2D eigenvalue weighted by Crippen LogP contribution is -2.35. The quantitative estimate of drug-likeness (QED) is 0.179. The van der Waals surface area contributed by atoms with Gasteiger partial charge >= 0.3 is 10.2 Å². The van der Waals surface area contributed by atoms with Crippen LogP contribution in [0.2, 0.25) is 0 Å². The zero-order valence-electron chi connectivity index (χ0n) is 22.5. The zero-order chi connectivity index (χ0) is 29.1. The molecular formula is C32H31FN2O5S. The van der Waals surface area contributed by atoms with E-state index in [9.17, 15) is 21.9 Å². The molecule has 1 aliphatic heterocycles. The number of fused-ring (bicyclic) bond motifs is 2. The summed E-state index contributed by atoms with van der Waals surface area (Å²) < 4.78 is 39.3. The van der Waals surface area contributed by atoms with Gasteiger partial charge in [-0.3, -0.25) is 9.59 Å². The number of nitrogens with one attached hydrogen (secondary N) is 1. The van der Waals surface area contributed by atoms with Crippen molar-refractivity contribution in [2.24, 2.45) is 0 Å². The number of nitrogens with zero attached hydrogens (tertiary/aromatic N) is 1. The molecule has 1 heterocycles. The summed E-state index contributed by atoms with van der Waals surface area (Å²) in [5, 5.41) is 3.35. The van der Waals surface area contributed by atoms with Gasteiger partial charge in [-0.2, -0.15) is 8.42 Å². The Bertz CT molecular complexity index is 1570. The first-order valence-electron chi connectivity index (χ1n) is 13.4. The molecule has 0 fully saturated rings. The lowest BCUT2D eigenvalue weighted by atomic mass is 10.0. The second-order valence-corrected chi connectivity index (χ2v) is 10.7. The highest BCUT2D eigenvalue weighted by atomic mass is 32.3. The number of carbonyl (C=O) groups excluding carboxylic acids is 2. The molecule has 0 saturated heterocycles. The molecule has 0 spiro atoms. The summed E-state index contributed by atoms with van der Waals surface area (Å²) in [7, 11) is -4.66. The molecule has 9 heteroatoms. The Labute approximate surface area is 240 Å². The van der Waals surface area contributed by atoms with Gasteiger partial charge in [0.25, 0.3) is 0 Å². The molecule has 0 saturated carbocycles. The van der Waals surface area contributed by atoms with Crippen molar-refractivity contribution < 1.29 is 26.6 Å². The van der Waals surface area contributed by atoms with Crippen LogP contribution in [0.5, 0.6) is 5.75 Å². The summed E-state index contributed by atoms with van der Waals surface area (Å²) in [5.41, 5.74) is 3.99. The van der Waals surface area contributed by atoms with Crippen molar-refractivity contribution in [2.45, 2.75) is 38.6 Å². The van der Waals surface area contributed by atoms with Crippen LogP contribution in [0.3, 0.4) is 0 Å². The number of para-hydroxylation sites is 1. The maximum Gasteiger partial charge on any atom is 0.325 e. The first-order chi connectivity index (χ1) is 19.8. The van der Waals surface area contributed by atoms with Gasteiger partial charge in [0.1, 0.15) is 5.75 Å². The lowest BCUT2D eigenvalue weighted by molar-refractivity contribution is -0.121. The number of halogens is 1. The van der Waals surface area contributed by atoms with Crippen molar-refractivity contribution in [3.63, 3.8) is 0 Å². The van der Waals surface area contributed by atoms with E-state index in [4.69, 9.17) is 4.74 Å². The molecule has 0 atom stereocenters. The number of anilines is 1. The Balaban J connectivity index is 1.15. The Hall–Kier alpha value is -4.42. The minimum Gasteiger partial charge on any atom is -0.494 e. The van der Waals surface area contributed by atoms with Gasteiger partial charge in [-0.1, -0.05) is 54.3 Å². The number of hydrogen-bond acceptors (Lipinski definition) is 5. The summed E-state index contributed by atoms with van der Waals surface area (Å²) in [6.07, 6.45) is 3.96. The molecule has 1 N–H and O–H groups in total. The third-order valence-corrected chi connectivity index (χ3v) is 6.92. The topological polar surface area (TPSA) is 92.8 Å². The van der Waals surface area contributed by atoms with E-state index in [1.54, 1.807) is 29.2 Å². The third kappa shape index (κ3) is 9.33. The Morgan fingerprint density at radius 3 is 2.39 bits per heavy atom. The van der Waals surface area contributed by atoms with Crippen molar-refractivity contribution in [1.29, 1.82) is 0 Å². The number of unbranched alkanes of at least 4 members (excludes halogenated alkanes) is 2. The van der Waals surface area contributed by atoms with Crippen LogP contribution in [-0.4, -0.2) is 33.4 Å². The average molecular weight is 575 g/mol. The molecule has 4 rings (SSSR count). The zero-order valence-corrected chi connectivity index (χ0v) is 23.3. The summed E-state index contributed by atoms with van der Waals surface area (Å²) in [5.74, 6) is 6.83. The monoisotopic (exact) mass is 574 g/mol. The van der Waals surface area contributed by atoms with Crippen LogP contribution < -0.4 is 15.0 Å². The normalized spacial score (nSPS) is 12.4. The molecule has 3 aromatic rings. The van der Waals surface area contributed by atoms with E-state index in [-0.39, 0.29) is 24.8 Å². The van der Waals surface area contributed by atoms with Crippen LogP contribution in [0.1, 0.15) is 54.4 Å². The first kappa shape index (κ1) is 29.6. The van der Waals surface area contributed by atoms with E-state index in [0.717, 1.165) is 35.2 Å². The third-order valence-electron chi connectivity index (χ3n) is 6.45. The molecule has 0 aliphatic carbocycles. The van der Waals surface area contributed by atoms with Gasteiger partial charge in [-0.25, -0.2) is 0 Å². The predicted molar refractivity (Wildman–Crippen MR) is 157 cm³/mol. The number of amides is 2. The van der Waals surface area contributed by atoms with Crippen LogP contribution in [0.25, 0.3) is 6.08 Å². The van der Waals surface area contributed by atoms with E-state index < -0.39 is 10.2 Å². The molecule has 1 aliphatic rings. The summed E-state index contributed by atoms with van der Waals surface area (Å²) >= 11 is 0. The maximum atomic E-state index is 13.2. The molecular weight excluding hydrogens is 543 g/mol. The van der Waals surface area contributed by atoms with Crippen LogP contribution in [0.15, 0.2) is 78.2 Å². The number of hydrogen-bond donors (Lipinski definition) is 1. The van der Waals surface area contributed by atoms with Crippen molar-refractivity contribution >= 4 is 33.8 Å². The van der Waals surface area contributed by atoms with Gasteiger partial charge < -0.3 is 15.0 Å². The highest BCUT2D eigenvalue weighted by molar-refractivity contribution is 7.89. The molecule has 41 heavy (non-hydrogen) atoms. The SMILES string of the molecule is O=C(CCCCCOc1ccc(/C=C/S(=O)(=O)F)cc1)NCCC(=O)N1Cc2ccccc2C#Cc2ccccc21. The van der Waals surface area contributed by atoms with E-state index in [2.05, 4.69) is 17.2 Å². The van der Waals surface area contributed by atoms with E-state index in [1.165, 1.54) is 6.08 Å². The predicted octanol–water partition coefficient (Wildman–Crippen LogP) is 5.35. The number of rotatable bonds is 12. The van der Waals surface area contributed by atoms with Gasteiger partial charge in [-0.05, 0) is 66.8 Å². The van der Waals surface area contributed by atoms with Crippen molar-refractivity contribution in [3.8, 4) is 17.6 Å². The molecule has 0 aromatic heterocycles. The molecule has 2 amide bonds. The number of benzene rings is 3. The smallest absolute Gasteiger partial charge is 0.325 e. The van der Waals surface area contributed by atoms with Gasteiger partial charge in [0.15, 0.2) is 0 Å². The van der Waals surface area contributed by atoms with Gasteiger partial charge in [0.05, 0.1) is 24.2 Å². The van der Waals surface area contributed by atoms with Crippen LogP contribution in [0, 0.1) is 11.8 Å². The largest absolute Gasteiger partial charge is 0.494 e. The highest BCUT2D eigenvalue weighted by Crippen LogP contribution is 2.26. The molecule has 0 bridgehead atoms. The fourth-order valence-corrected chi connectivity index (χ4v) is 4.65.